The van der Waals surface area contributed by atoms with Crippen molar-refractivity contribution in [1.82, 2.24) is 14.7 Å². The molecular formula is C31H49BFN3. The normalized spacial score (nSPS) is 10.6. The molecule has 0 N–H and O–H groups in total. The van der Waals surface area contributed by atoms with Crippen LogP contribution in [0, 0.1) is 12.8 Å². The Balaban J connectivity index is 0. The Morgan fingerprint density at radius 3 is 2.19 bits per heavy atom. The van der Waals surface area contributed by atoms with E-state index in [-0.39, 0.29) is 6.04 Å². The molecule has 2 heterocycles. The molecule has 0 aliphatic carbocycles. The largest absolute Gasteiger partial charge is 0.378 e. The minimum absolute atomic E-state index is 0.263. The maximum Gasteiger partial charge on any atom is 0.0725 e. The van der Waals surface area contributed by atoms with Crippen molar-refractivity contribution < 1.29 is 4.48 Å². The summed E-state index contributed by atoms with van der Waals surface area (Å²) in [6.07, 6.45) is 10.2. The zero-order chi connectivity index (χ0) is 28.1. The summed E-state index contributed by atoms with van der Waals surface area (Å²) in [6, 6.07) is 11.5. The molecule has 0 aliphatic heterocycles. The quantitative estimate of drug-likeness (QED) is 0.342. The van der Waals surface area contributed by atoms with Gasteiger partial charge in [-0.2, -0.15) is 4.79 Å². The first-order valence-electron chi connectivity index (χ1n) is 13.3. The van der Waals surface area contributed by atoms with Crippen LogP contribution in [0.5, 0.6) is 0 Å². The maximum absolute atomic E-state index is 14.3. The Hall–Kier alpha value is -2.82. The Morgan fingerprint density at radius 2 is 1.64 bits per heavy atom. The number of aryl methyl sites for hydroxylation is 1. The first kappa shape index (κ1) is 35.3. The fraction of sp³-hybridized carbons (Fsp3) is 0.452. The highest BCUT2D eigenvalue weighted by atomic mass is 19.2. The van der Waals surface area contributed by atoms with Gasteiger partial charge in [0.25, 0.3) is 0 Å². The Labute approximate surface area is 222 Å². The van der Waals surface area contributed by atoms with Crippen molar-refractivity contribution in [3.63, 3.8) is 0 Å². The maximum atomic E-state index is 14.3. The predicted octanol–water partition coefficient (Wildman–Crippen LogP) is 9.34. The minimum Gasteiger partial charge on any atom is -0.378 e. The molecule has 2 aromatic rings. The van der Waals surface area contributed by atoms with E-state index in [2.05, 4.69) is 25.3 Å². The average Bonchev–Trinajstić information content (AvgIpc) is 2.98. The Kier molecular flexibility index (Phi) is 21.1. The van der Waals surface area contributed by atoms with E-state index < -0.39 is 0 Å². The number of aromatic nitrogens is 2. The standard InChI is InChI=1S/C25H31BFN3.3C2H6/c1-6-21-11-12-24(22-10-8-7-9-20(4)17-30(27)18-22)28-25(21)13-14-29(5)23(16-26)15-19(2)3;3*1-2/h6-14,17-19,23H,1,15-16H2,2-5H3;3*1-2H3/b9-7?,10-8?,14-13-,20-17?,22-18?;;;. The third-order valence-electron chi connectivity index (χ3n) is 4.87. The summed E-state index contributed by atoms with van der Waals surface area (Å²) in [4.78, 5) is 7.46. The molecule has 36 heavy (non-hydrogen) atoms. The lowest BCUT2D eigenvalue weighted by molar-refractivity contribution is 0.305. The highest BCUT2D eigenvalue weighted by Gasteiger charge is 2.11. The van der Waals surface area contributed by atoms with Crippen molar-refractivity contribution in [1.29, 1.82) is 0 Å². The molecule has 2 rings (SSSR count). The third kappa shape index (κ3) is 13.3. The van der Waals surface area contributed by atoms with E-state index in [1.54, 1.807) is 6.08 Å². The zero-order valence-electron chi connectivity index (χ0n) is 24.4. The first-order chi connectivity index (χ1) is 17.3. The summed E-state index contributed by atoms with van der Waals surface area (Å²) in [7, 11) is 7.99. The summed E-state index contributed by atoms with van der Waals surface area (Å²) in [5, 5.41) is 0. The highest BCUT2D eigenvalue weighted by molar-refractivity contribution is 6.08. The van der Waals surface area contributed by atoms with E-state index in [0.29, 0.717) is 28.3 Å². The van der Waals surface area contributed by atoms with Crippen LogP contribution in [0.4, 0.5) is 4.48 Å². The van der Waals surface area contributed by atoms with Crippen molar-refractivity contribution in [3.8, 4) is 11.3 Å². The van der Waals surface area contributed by atoms with Crippen LogP contribution >= 0.6 is 0 Å². The lowest BCUT2D eigenvalue weighted by atomic mass is 9.90. The van der Waals surface area contributed by atoms with Gasteiger partial charge < -0.3 is 4.90 Å². The van der Waals surface area contributed by atoms with Gasteiger partial charge in [-0.25, -0.2) is 4.98 Å². The molecule has 0 amide bonds. The molecule has 0 saturated heterocycles. The van der Waals surface area contributed by atoms with E-state index in [9.17, 15) is 4.48 Å². The van der Waals surface area contributed by atoms with Gasteiger partial charge >= 0.3 is 0 Å². The average molecular weight is 494 g/mol. The number of halogens is 1. The van der Waals surface area contributed by atoms with Crippen LogP contribution in [0.2, 0.25) is 6.32 Å². The minimum atomic E-state index is 0.263. The molecule has 0 aromatic carbocycles. The van der Waals surface area contributed by atoms with Crippen LogP contribution in [0.15, 0.2) is 61.6 Å². The van der Waals surface area contributed by atoms with Crippen LogP contribution in [-0.2, 0) is 0 Å². The molecule has 1 atom stereocenters. The van der Waals surface area contributed by atoms with Crippen LogP contribution in [-0.4, -0.2) is 35.6 Å². The van der Waals surface area contributed by atoms with E-state index in [4.69, 9.17) is 12.8 Å². The van der Waals surface area contributed by atoms with Crippen LogP contribution in [0.1, 0.15) is 78.6 Å². The van der Waals surface area contributed by atoms with Gasteiger partial charge in [0.2, 0.25) is 0 Å². The number of hydrogen-bond donors (Lipinski definition) is 0. The molecule has 0 fully saturated rings. The highest BCUT2D eigenvalue weighted by Crippen LogP contribution is 2.21. The van der Waals surface area contributed by atoms with E-state index in [1.165, 1.54) is 12.4 Å². The second-order valence-corrected chi connectivity index (χ2v) is 7.90. The van der Waals surface area contributed by atoms with E-state index in [1.807, 2.05) is 104 Å². The van der Waals surface area contributed by atoms with Crippen LogP contribution in [0.3, 0.4) is 0 Å². The lowest BCUT2D eigenvalue weighted by Gasteiger charge is -2.27. The molecule has 198 valence electrons. The van der Waals surface area contributed by atoms with E-state index in [0.717, 1.165) is 23.2 Å². The van der Waals surface area contributed by atoms with E-state index >= 15 is 0 Å². The number of rotatable bonds is 8. The molecule has 0 aliphatic rings. The number of pyridine rings is 1. The number of nitrogens with zero attached hydrogens (tertiary/aromatic N) is 3. The Morgan fingerprint density at radius 1 is 1.03 bits per heavy atom. The molecule has 0 bridgehead atoms. The van der Waals surface area contributed by atoms with Crippen molar-refractivity contribution in [2.45, 2.75) is 81.1 Å². The molecule has 0 spiro atoms. The monoisotopic (exact) mass is 493 g/mol. The fourth-order valence-corrected chi connectivity index (χ4v) is 3.20. The van der Waals surface area contributed by atoms with Gasteiger partial charge in [-0.15, -0.1) is 0 Å². The molecule has 1 unspecified atom stereocenters. The van der Waals surface area contributed by atoms with Gasteiger partial charge in [0.15, 0.2) is 0 Å². The zero-order valence-corrected chi connectivity index (χ0v) is 24.4. The van der Waals surface area contributed by atoms with Crippen molar-refractivity contribution >= 4 is 20.0 Å². The second-order valence-electron chi connectivity index (χ2n) is 7.90. The van der Waals surface area contributed by atoms with Crippen molar-refractivity contribution in [2.75, 3.05) is 7.05 Å². The summed E-state index contributed by atoms with van der Waals surface area (Å²) >= 11 is 0. The lowest BCUT2D eigenvalue weighted by Crippen LogP contribution is -2.28. The first-order valence-corrected chi connectivity index (χ1v) is 13.3. The molecule has 2 radical (unpaired) electrons. The molecular weight excluding hydrogens is 444 g/mol. The number of hydrogen-bond acceptors (Lipinski definition) is 2. The summed E-state index contributed by atoms with van der Waals surface area (Å²) < 4.78 is 14.3. The predicted molar refractivity (Wildman–Crippen MR) is 161 cm³/mol. The van der Waals surface area contributed by atoms with Gasteiger partial charge in [0.1, 0.15) is 0 Å². The molecule has 2 aromatic heterocycles. The van der Waals surface area contributed by atoms with Gasteiger partial charge in [-0.05, 0) is 42.5 Å². The second kappa shape index (κ2) is 21.5. The third-order valence-corrected chi connectivity index (χ3v) is 4.87. The van der Waals surface area contributed by atoms with Crippen LogP contribution in [0.25, 0.3) is 23.4 Å². The topological polar surface area (TPSA) is 21.1 Å². The smallest absolute Gasteiger partial charge is 0.0725 e. The van der Waals surface area contributed by atoms with Gasteiger partial charge in [0.05, 0.1) is 19.2 Å². The summed E-state index contributed by atoms with van der Waals surface area (Å²) in [5.41, 5.74) is 3.86. The van der Waals surface area contributed by atoms with Crippen LogP contribution < -0.4 is 0 Å². The van der Waals surface area contributed by atoms with Crippen molar-refractivity contribution in [2.24, 2.45) is 5.92 Å². The van der Waals surface area contributed by atoms with Gasteiger partial charge in [-0.1, -0.05) is 109 Å². The fourth-order valence-electron chi connectivity index (χ4n) is 3.20. The molecule has 3 nitrogen and oxygen atoms in total. The summed E-state index contributed by atoms with van der Waals surface area (Å²) in [5.74, 6) is 0.567. The Bertz CT molecular complexity index is 933. The SMILES string of the molecule is CC.CC.CC.[B]CC(CC(C)C)N(C)/C=C\c1nc(-c2ccccc(C)cn(F)c2)ccc1C=C. The van der Waals surface area contributed by atoms with Crippen molar-refractivity contribution in [3.05, 3.63) is 78.4 Å². The summed E-state index contributed by atoms with van der Waals surface area (Å²) in [6.45, 7) is 22.1. The molecule has 5 heteroatoms. The van der Waals surface area contributed by atoms with Gasteiger partial charge in [-0.3, -0.25) is 0 Å². The molecule has 0 saturated carbocycles. The van der Waals surface area contributed by atoms with Gasteiger partial charge in [0, 0.05) is 37.2 Å².